The molecule has 1 N–H and O–H groups in total. The van der Waals surface area contributed by atoms with Crippen LogP contribution in [-0.2, 0) is 0 Å². The van der Waals surface area contributed by atoms with E-state index in [-0.39, 0.29) is 5.82 Å². The van der Waals surface area contributed by atoms with E-state index in [1.165, 1.54) is 12.1 Å². The Morgan fingerprint density at radius 2 is 2.15 bits per heavy atom. The third-order valence-corrected chi connectivity index (χ3v) is 1.61. The molecular formula is C10H14FNO. The van der Waals surface area contributed by atoms with Crippen molar-refractivity contribution in [2.75, 3.05) is 18.5 Å². The molecule has 0 bridgehead atoms. The molecule has 2 nitrogen and oxygen atoms in total. The molecule has 0 spiro atoms. The van der Waals surface area contributed by atoms with Crippen molar-refractivity contribution in [3.63, 3.8) is 0 Å². The number of nitrogens with one attached hydrogen (secondary N) is 1. The molecule has 0 amide bonds. The van der Waals surface area contributed by atoms with E-state index in [4.69, 9.17) is 4.74 Å². The summed E-state index contributed by atoms with van der Waals surface area (Å²) in [5.74, 6) is 0.449. The third kappa shape index (κ3) is 2.61. The molecule has 13 heavy (non-hydrogen) atoms. The van der Waals surface area contributed by atoms with Gasteiger partial charge in [0.25, 0.3) is 0 Å². The monoisotopic (exact) mass is 183 g/mol. The van der Waals surface area contributed by atoms with Gasteiger partial charge in [-0.1, -0.05) is 0 Å². The van der Waals surface area contributed by atoms with Crippen LogP contribution >= 0.6 is 0 Å². The second-order valence-electron chi connectivity index (χ2n) is 2.60. The molecule has 1 aromatic carbocycles. The van der Waals surface area contributed by atoms with Gasteiger partial charge in [0, 0.05) is 12.6 Å². The van der Waals surface area contributed by atoms with Crippen molar-refractivity contribution < 1.29 is 9.13 Å². The highest BCUT2D eigenvalue weighted by Gasteiger charge is 2.02. The van der Waals surface area contributed by atoms with Gasteiger partial charge in [0.2, 0.25) is 0 Å². The highest BCUT2D eigenvalue weighted by molar-refractivity contribution is 5.56. The Hall–Kier alpha value is -1.25. The maximum Gasteiger partial charge on any atom is 0.142 e. The van der Waals surface area contributed by atoms with Crippen molar-refractivity contribution >= 4 is 5.69 Å². The summed E-state index contributed by atoms with van der Waals surface area (Å²) >= 11 is 0. The molecule has 72 valence electrons. The zero-order chi connectivity index (χ0) is 9.68. The second kappa shape index (κ2) is 4.70. The Labute approximate surface area is 77.7 Å². The van der Waals surface area contributed by atoms with Gasteiger partial charge in [-0.05, 0) is 26.0 Å². The SMILES string of the molecule is CCNc1cc(F)ccc1OCC. The minimum Gasteiger partial charge on any atom is -0.492 e. The van der Waals surface area contributed by atoms with Crippen LogP contribution in [0.15, 0.2) is 18.2 Å². The van der Waals surface area contributed by atoms with E-state index in [1.807, 2.05) is 13.8 Å². The Kier molecular flexibility index (Phi) is 3.55. The Morgan fingerprint density at radius 3 is 2.77 bits per heavy atom. The summed E-state index contributed by atoms with van der Waals surface area (Å²) in [5, 5.41) is 3.04. The van der Waals surface area contributed by atoms with Gasteiger partial charge in [0.15, 0.2) is 0 Å². The van der Waals surface area contributed by atoms with E-state index in [2.05, 4.69) is 5.32 Å². The van der Waals surface area contributed by atoms with Gasteiger partial charge in [-0.2, -0.15) is 0 Å². The Balaban J connectivity index is 2.89. The fourth-order valence-corrected chi connectivity index (χ4v) is 1.11. The summed E-state index contributed by atoms with van der Waals surface area (Å²) in [5.41, 5.74) is 0.712. The zero-order valence-corrected chi connectivity index (χ0v) is 7.93. The highest BCUT2D eigenvalue weighted by Crippen LogP contribution is 2.24. The van der Waals surface area contributed by atoms with Gasteiger partial charge in [0.1, 0.15) is 11.6 Å². The van der Waals surface area contributed by atoms with Crippen molar-refractivity contribution in [3.8, 4) is 5.75 Å². The van der Waals surface area contributed by atoms with Gasteiger partial charge in [0.05, 0.1) is 12.3 Å². The first-order valence-electron chi connectivity index (χ1n) is 4.44. The standard InChI is InChI=1S/C10H14FNO/c1-3-12-9-7-8(11)5-6-10(9)13-4-2/h5-7,12H,3-4H2,1-2H3. The maximum absolute atomic E-state index is 12.8. The second-order valence-corrected chi connectivity index (χ2v) is 2.60. The normalized spacial score (nSPS) is 9.77. The van der Waals surface area contributed by atoms with E-state index < -0.39 is 0 Å². The average molecular weight is 183 g/mol. The number of halogens is 1. The highest BCUT2D eigenvalue weighted by atomic mass is 19.1. The number of benzene rings is 1. The van der Waals surface area contributed by atoms with E-state index in [0.717, 1.165) is 6.54 Å². The van der Waals surface area contributed by atoms with Crippen LogP contribution in [0, 0.1) is 5.82 Å². The fourth-order valence-electron chi connectivity index (χ4n) is 1.11. The van der Waals surface area contributed by atoms with E-state index >= 15 is 0 Å². The number of ether oxygens (including phenoxy) is 1. The summed E-state index contributed by atoms with van der Waals surface area (Å²) in [6, 6.07) is 4.47. The predicted octanol–water partition coefficient (Wildman–Crippen LogP) is 2.66. The van der Waals surface area contributed by atoms with E-state index in [0.29, 0.717) is 18.0 Å². The third-order valence-electron chi connectivity index (χ3n) is 1.61. The lowest BCUT2D eigenvalue weighted by molar-refractivity contribution is 0.341. The van der Waals surface area contributed by atoms with Crippen LogP contribution in [0.1, 0.15) is 13.8 Å². The average Bonchev–Trinajstić information content (AvgIpc) is 2.10. The van der Waals surface area contributed by atoms with E-state index in [1.54, 1.807) is 6.07 Å². The van der Waals surface area contributed by atoms with Crippen molar-refractivity contribution in [2.24, 2.45) is 0 Å². The van der Waals surface area contributed by atoms with Crippen LogP contribution in [0.25, 0.3) is 0 Å². The van der Waals surface area contributed by atoms with E-state index in [9.17, 15) is 4.39 Å². The molecule has 0 atom stereocenters. The summed E-state index contributed by atoms with van der Waals surface area (Å²) < 4.78 is 18.1. The van der Waals surface area contributed by atoms with Gasteiger partial charge >= 0.3 is 0 Å². The molecule has 0 aromatic heterocycles. The van der Waals surface area contributed by atoms with Crippen molar-refractivity contribution in [1.29, 1.82) is 0 Å². The van der Waals surface area contributed by atoms with Gasteiger partial charge in [-0.3, -0.25) is 0 Å². The summed E-state index contributed by atoms with van der Waals surface area (Å²) in [4.78, 5) is 0. The van der Waals surface area contributed by atoms with Crippen LogP contribution < -0.4 is 10.1 Å². The molecule has 0 aliphatic heterocycles. The number of rotatable bonds is 4. The van der Waals surface area contributed by atoms with Gasteiger partial charge in [-0.25, -0.2) is 4.39 Å². The first-order valence-corrected chi connectivity index (χ1v) is 4.44. The quantitative estimate of drug-likeness (QED) is 0.774. The topological polar surface area (TPSA) is 21.3 Å². The molecular weight excluding hydrogens is 169 g/mol. The molecule has 0 unspecified atom stereocenters. The van der Waals surface area contributed by atoms with Gasteiger partial charge < -0.3 is 10.1 Å². The zero-order valence-electron chi connectivity index (χ0n) is 7.93. The van der Waals surface area contributed by atoms with Crippen LogP contribution in [0.2, 0.25) is 0 Å². The lowest BCUT2D eigenvalue weighted by atomic mass is 10.3. The molecule has 0 heterocycles. The molecule has 0 saturated carbocycles. The molecule has 3 heteroatoms. The van der Waals surface area contributed by atoms with Crippen LogP contribution in [-0.4, -0.2) is 13.2 Å². The van der Waals surface area contributed by atoms with Gasteiger partial charge in [-0.15, -0.1) is 0 Å². The first kappa shape index (κ1) is 9.84. The molecule has 0 fully saturated rings. The van der Waals surface area contributed by atoms with Crippen molar-refractivity contribution in [3.05, 3.63) is 24.0 Å². The number of anilines is 1. The van der Waals surface area contributed by atoms with Crippen LogP contribution in [0.3, 0.4) is 0 Å². The minimum absolute atomic E-state index is 0.251. The van der Waals surface area contributed by atoms with Crippen molar-refractivity contribution in [1.82, 2.24) is 0 Å². The summed E-state index contributed by atoms with van der Waals surface area (Å²) in [6.07, 6.45) is 0. The Morgan fingerprint density at radius 1 is 1.38 bits per heavy atom. The lowest BCUT2D eigenvalue weighted by Crippen LogP contribution is -2.01. The fraction of sp³-hybridized carbons (Fsp3) is 0.400. The summed E-state index contributed by atoms with van der Waals surface area (Å²) in [7, 11) is 0. The Bertz CT molecular complexity index is 276. The molecule has 0 radical (unpaired) electrons. The van der Waals surface area contributed by atoms with Crippen LogP contribution in [0.4, 0.5) is 10.1 Å². The molecule has 1 rings (SSSR count). The smallest absolute Gasteiger partial charge is 0.142 e. The maximum atomic E-state index is 12.8. The summed E-state index contributed by atoms with van der Waals surface area (Å²) in [6.45, 7) is 5.20. The molecule has 0 saturated heterocycles. The predicted molar refractivity (Wildman–Crippen MR) is 51.7 cm³/mol. The largest absolute Gasteiger partial charge is 0.492 e. The first-order chi connectivity index (χ1) is 6.27. The number of hydrogen-bond donors (Lipinski definition) is 1. The van der Waals surface area contributed by atoms with Crippen LogP contribution in [0.5, 0.6) is 5.75 Å². The molecule has 0 aliphatic rings. The molecule has 0 aliphatic carbocycles. The molecule has 1 aromatic rings. The van der Waals surface area contributed by atoms with Crippen molar-refractivity contribution in [2.45, 2.75) is 13.8 Å². The lowest BCUT2D eigenvalue weighted by Gasteiger charge is -2.10. The number of hydrogen-bond acceptors (Lipinski definition) is 2. The minimum atomic E-state index is -0.251.